The van der Waals surface area contributed by atoms with E-state index in [-0.39, 0.29) is 12.5 Å². The van der Waals surface area contributed by atoms with Crippen LogP contribution in [-0.2, 0) is 23.2 Å². The predicted molar refractivity (Wildman–Crippen MR) is 61.2 cm³/mol. The van der Waals surface area contributed by atoms with Crippen molar-refractivity contribution in [3.8, 4) is 0 Å². The van der Waals surface area contributed by atoms with E-state index in [0.717, 1.165) is 0 Å². The lowest BCUT2D eigenvalue weighted by molar-refractivity contribution is -0.140. The first kappa shape index (κ1) is 12.5. The van der Waals surface area contributed by atoms with Crippen LogP contribution in [-0.4, -0.2) is 31.7 Å². The van der Waals surface area contributed by atoms with Crippen molar-refractivity contribution >= 4 is 11.9 Å². The zero-order valence-corrected chi connectivity index (χ0v) is 10.5. The summed E-state index contributed by atoms with van der Waals surface area (Å²) in [6.45, 7) is 3.79. The summed E-state index contributed by atoms with van der Waals surface area (Å²) >= 11 is 0. The van der Waals surface area contributed by atoms with Crippen LogP contribution in [0, 0.1) is 17.3 Å². The van der Waals surface area contributed by atoms with Gasteiger partial charge in [0.05, 0.1) is 18.4 Å². The van der Waals surface area contributed by atoms with Crippen LogP contribution in [0.2, 0.25) is 0 Å². The summed E-state index contributed by atoms with van der Waals surface area (Å²) in [7, 11) is 1.74. The first-order chi connectivity index (χ1) is 8.34. The molecule has 2 N–H and O–H groups in total. The maximum Gasteiger partial charge on any atom is 0.307 e. The number of nitrogens with one attached hydrogen (secondary N) is 1. The van der Waals surface area contributed by atoms with E-state index in [4.69, 9.17) is 5.11 Å². The third-order valence-electron chi connectivity index (χ3n) is 3.44. The molecule has 1 aliphatic carbocycles. The number of carbonyl (C=O) groups excluding carboxylic acids is 1. The van der Waals surface area contributed by atoms with Gasteiger partial charge >= 0.3 is 5.97 Å². The number of carboxylic acid groups (broad SMARTS) is 1. The molecule has 1 aromatic rings. The van der Waals surface area contributed by atoms with Crippen LogP contribution in [0.4, 0.5) is 0 Å². The second-order valence-electron chi connectivity index (χ2n) is 5.17. The van der Waals surface area contributed by atoms with E-state index in [9.17, 15) is 9.59 Å². The maximum atomic E-state index is 11.9. The van der Waals surface area contributed by atoms with Gasteiger partial charge in [0.1, 0.15) is 6.33 Å². The van der Waals surface area contributed by atoms with Crippen LogP contribution in [0.3, 0.4) is 0 Å². The minimum absolute atomic E-state index is 0.221. The molecule has 1 amide bonds. The third kappa shape index (κ3) is 2.07. The van der Waals surface area contributed by atoms with Crippen LogP contribution in [0.25, 0.3) is 0 Å². The summed E-state index contributed by atoms with van der Waals surface area (Å²) in [5, 5.41) is 15.7. The van der Waals surface area contributed by atoms with Crippen molar-refractivity contribution in [2.75, 3.05) is 0 Å². The summed E-state index contributed by atoms with van der Waals surface area (Å²) in [4.78, 5) is 26.8. The van der Waals surface area contributed by atoms with Crippen LogP contribution in [0.1, 0.15) is 19.7 Å². The highest BCUT2D eigenvalue weighted by atomic mass is 16.4. The molecule has 0 radical (unpaired) electrons. The Balaban J connectivity index is 1.92. The Bertz CT molecular complexity index is 494. The Morgan fingerprint density at radius 1 is 1.50 bits per heavy atom. The Kier molecular flexibility index (Phi) is 2.84. The monoisotopic (exact) mass is 252 g/mol. The lowest BCUT2D eigenvalue weighted by Crippen LogP contribution is -2.27. The minimum Gasteiger partial charge on any atom is -0.481 e. The van der Waals surface area contributed by atoms with Gasteiger partial charge in [-0.25, -0.2) is 4.98 Å². The second kappa shape index (κ2) is 4.08. The Morgan fingerprint density at radius 3 is 2.61 bits per heavy atom. The van der Waals surface area contributed by atoms with Crippen molar-refractivity contribution in [1.82, 2.24) is 20.1 Å². The topological polar surface area (TPSA) is 97.1 Å². The maximum absolute atomic E-state index is 11.9. The molecule has 1 aliphatic rings. The Labute approximate surface area is 104 Å². The molecule has 0 bridgehead atoms. The summed E-state index contributed by atoms with van der Waals surface area (Å²) in [6.07, 6.45) is 1.54. The summed E-state index contributed by atoms with van der Waals surface area (Å²) in [5.74, 6) is -1.74. The molecule has 0 spiro atoms. The first-order valence-corrected chi connectivity index (χ1v) is 5.69. The first-order valence-electron chi connectivity index (χ1n) is 5.69. The van der Waals surface area contributed by atoms with E-state index >= 15 is 0 Å². The molecule has 7 heteroatoms. The molecule has 2 rings (SSSR count). The molecule has 98 valence electrons. The average Bonchev–Trinajstić information content (AvgIpc) is 2.63. The van der Waals surface area contributed by atoms with Crippen LogP contribution in [0.5, 0.6) is 0 Å². The standard InChI is InChI=1S/C11H16N4O3/c1-11(2)7(8(11)10(17)18)9(16)12-4-6-13-5-15(3)14-6/h5,7-8H,4H2,1-3H3,(H,12,16)(H,17,18)/t7-,8+/m1/s1. The average molecular weight is 252 g/mol. The minimum atomic E-state index is -0.920. The molecule has 2 atom stereocenters. The quantitative estimate of drug-likeness (QED) is 0.772. The van der Waals surface area contributed by atoms with Crippen molar-refractivity contribution in [2.45, 2.75) is 20.4 Å². The highest BCUT2D eigenvalue weighted by Gasteiger charge is 2.65. The number of carboxylic acids is 1. The Morgan fingerprint density at radius 2 is 2.17 bits per heavy atom. The number of aryl methyl sites for hydroxylation is 1. The number of nitrogens with zero attached hydrogens (tertiary/aromatic N) is 3. The normalized spacial score (nSPS) is 24.6. The van der Waals surface area contributed by atoms with Gasteiger partial charge < -0.3 is 10.4 Å². The smallest absolute Gasteiger partial charge is 0.307 e. The number of rotatable bonds is 4. The van der Waals surface area contributed by atoms with E-state index in [0.29, 0.717) is 5.82 Å². The van der Waals surface area contributed by atoms with E-state index in [2.05, 4.69) is 15.4 Å². The third-order valence-corrected chi connectivity index (χ3v) is 3.44. The fraction of sp³-hybridized carbons (Fsp3) is 0.636. The molecule has 1 aromatic heterocycles. The molecule has 0 saturated heterocycles. The summed E-state index contributed by atoms with van der Waals surface area (Å²) in [5.41, 5.74) is -0.479. The Hall–Kier alpha value is -1.92. The number of hydrogen-bond acceptors (Lipinski definition) is 4. The van der Waals surface area contributed by atoms with Gasteiger partial charge in [0, 0.05) is 7.05 Å². The number of aliphatic carboxylic acids is 1. The van der Waals surface area contributed by atoms with E-state index in [1.165, 1.54) is 0 Å². The highest BCUT2D eigenvalue weighted by molar-refractivity contribution is 5.91. The number of amides is 1. The van der Waals surface area contributed by atoms with Crippen LogP contribution in [0.15, 0.2) is 6.33 Å². The molecule has 0 unspecified atom stereocenters. The molecule has 1 saturated carbocycles. The van der Waals surface area contributed by atoms with Gasteiger partial charge in [-0.15, -0.1) is 0 Å². The fourth-order valence-electron chi connectivity index (χ4n) is 2.33. The van der Waals surface area contributed by atoms with E-state index in [1.54, 1.807) is 31.9 Å². The van der Waals surface area contributed by atoms with Gasteiger partial charge in [0.25, 0.3) is 0 Å². The number of aromatic nitrogens is 3. The van der Waals surface area contributed by atoms with Gasteiger partial charge in [0.15, 0.2) is 5.82 Å². The molecule has 0 aliphatic heterocycles. The summed E-state index contributed by atoms with van der Waals surface area (Å²) in [6, 6.07) is 0. The number of carbonyl (C=O) groups is 2. The predicted octanol–water partition coefficient (Wildman–Crippen LogP) is -0.212. The molecule has 1 heterocycles. The lowest BCUT2D eigenvalue weighted by atomic mass is 10.1. The molecule has 18 heavy (non-hydrogen) atoms. The largest absolute Gasteiger partial charge is 0.481 e. The molecule has 1 fully saturated rings. The van der Waals surface area contributed by atoms with Crippen molar-refractivity contribution in [3.05, 3.63) is 12.2 Å². The molecular formula is C11H16N4O3. The summed E-state index contributed by atoms with van der Waals surface area (Å²) < 4.78 is 1.54. The van der Waals surface area contributed by atoms with E-state index < -0.39 is 23.2 Å². The van der Waals surface area contributed by atoms with Crippen LogP contribution < -0.4 is 5.32 Å². The molecular weight excluding hydrogens is 236 g/mol. The van der Waals surface area contributed by atoms with Gasteiger partial charge in [-0.3, -0.25) is 14.3 Å². The van der Waals surface area contributed by atoms with Gasteiger partial charge in [-0.2, -0.15) is 5.10 Å². The second-order valence-corrected chi connectivity index (χ2v) is 5.17. The molecule has 0 aromatic carbocycles. The lowest BCUT2D eigenvalue weighted by Gasteiger charge is -2.03. The van der Waals surface area contributed by atoms with Crippen molar-refractivity contribution in [1.29, 1.82) is 0 Å². The van der Waals surface area contributed by atoms with Gasteiger partial charge in [-0.1, -0.05) is 13.8 Å². The van der Waals surface area contributed by atoms with Gasteiger partial charge in [0.2, 0.25) is 5.91 Å². The SMILES string of the molecule is Cn1cnc(CNC(=O)[C@H]2[C@@H](C(=O)O)C2(C)C)n1. The highest BCUT2D eigenvalue weighted by Crippen LogP contribution is 2.58. The fourth-order valence-corrected chi connectivity index (χ4v) is 2.33. The van der Waals surface area contributed by atoms with Crippen LogP contribution >= 0.6 is 0 Å². The van der Waals surface area contributed by atoms with Gasteiger partial charge in [-0.05, 0) is 5.41 Å². The van der Waals surface area contributed by atoms with Crippen molar-refractivity contribution in [2.24, 2.45) is 24.3 Å². The van der Waals surface area contributed by atoms with E-state index in [1.807, 2.05) is 0 Å². The van der Waals surface area contributed by atoms with Crippen molar-refractivity contribution < 1.29 is 14.7 Å². The zero-order chi connectivity index (χ0) is 13.5. The zero-order valence-electron chi connectivity index (χ0n) is 10.5. The molecule has 7 nitrogen and oxygen atoms in total. The van der Waals surface area contributed by atoms with Crippen molar-refractivity contribution in [3.63, 3.8) is 0 Å². The number of hydrogen-bond donors (Lipinski definition) is 2.